The van der Waals surface area contributed by atoms with Gasteiger partial charge in [0.15, 0.2) is 23.6 Å². The van der Waals surface area contributed by atoms with E-state index in [0.717, 1.165) is 12.8 Å². The van der Waals surface area contributed by atoms with E-state index in [2.05, 4.69) is 6.92 Å². The molecule has 0 N–H and O–H groups in total. The van der Waals surface area contributed by atoms with Gasteiger partial charge in [0.2, 0.25) is 0 Å². The Morgan fingerprint density at radius 1 is 1.07 bits per heavy atom. The summed E-state index contributed by atoms with van der Waals surface area (Å²) >= 11 is 0. The van der Waals surface area contributed by atoms with Crippen molar-refractivity contribution in [3.05, 3.63) is 53.6 Å². The smallest absolute Gasteiger partial charge is 0.169 e. The molecule has 0 unspecified atom stereocenters. The topological polar surface area (TPSA) is 54.0 Å². The summed E-state index contributed by atoms with van der Waals surface area (Å²) in [5, 5.41) is 0. The van der Waals surface area contributed by atoms with E-state index in [4.69, 9.17) is 18.9 Å². The minimum absolute atomic E-state index is 0.0733. The van der Waals surface area contributed by atoms with E-state index in [1.165, 1.54) is 5.56 Å². The monoisotopic (exact) mass is 370 g/mol. The molecule has 144 valence electrons. The number of ketones is 1. The van der Waals surface area contributed by atoms with Crippen LogP contribution < -0.4 is 9.47 Å². The number of ether oxygens (including phenoxy) is 4. The van der Waals surface area contributed by atoms with Gasteiger partial charge >= 0.3 is 0 Å². The third-order valence-corrected chi connectivity index (χ3v) is 4.54. The lowest BCUT2D eigenvalue weighted by molar-refractivity contribution is -0.180. The van der Waals surface area contributed by atoms with Crippen molar-refractivity contribution >= 4 is 5.78 Å². The van der Waals surface area contributed by atoms with Gasteiger partial charge in [-0.25, -0.2) is 0 Å². The number of aryl methyl sites for hydroxylation is 1. The quantitative estimate of drug-likeness (QED) is 0.626. The van der Waals surface area contributed by atoms with Crippen LogP contribution in [0.1, 0.15) is 42.1 Å². The summed E-state index contributed by atoms with van der Waals surface area (Å²) in [6.07, 6.45) is 2.57. The van der Waals surface area contributed by atoms with Crippen molar-refractivity contribution in [1.29, 1.82) is 0 Å². The number of hydrogen-bond acceptors (Lipinski definition) is 5. The summed E-state index contributed by atoms with van der Waals surface area (Å²) in [7, 11) is 1.63. The molecule has 2 aromatic rings. The van der Waals surface area contributed by atoms with E-state index in [9.17, 15) is 4.79 Å². The Balaban J connectivity index is 1.59. The highest BCUT2D eigenvalue weighted by Gasteiger charge is 2.16. The van der Waals surface area contributed by atoms with Gasteiger partial charge in [-0.05, 0) is 54.8 Å². The Morgan fingerprint density at radius 2 is 1.81 bits per heavy atom. The zero-order valence-corrected chi connectivity index (χ0v) is 15.9. The first-order valence-corrected chi connectivity index (χ1v) is 9.41. The van der Waals surface area contributed by atoms with Crippen molar-refractivity contribution < 1.29 is 23.7 Å². The second-order valence-corrected chi connectivity index (χ2v) is 6.45. The number of Topliss-reactive ketones (excluding diaryl/α,β-unsaturated/α-hetero) is 1. The van der Waals surface area contributed by atoms with Crippen LogP contribution in [0.15, 0.2) is 42.5 Å². The first-order valence-electron chi connectivity index (χ1n) is 9.41. The first kappa shape index (κ1) is 19.4. The number of methoxy groups -OCH3 is 1. The van der Waals surface area contributed by atoms with Gasteiger partial charge in [-0.2, -0.15) is 0 Å². The molecule has 1 saturated heterocycles. The molecule has 3 rings (SSSR count). The summed E-state index contributed by atoms with van der Waals surface area (Å²) < 4.78 is 22.3. The van der Waals surface area contributed by atoms with Crippen molar-refractivity contribution in [2.75, 3.05) is 20.3 Å². The number of hydrogen-bond donors (Lipinski definition) is 0. The minimum Gasteiger partial charge on any atom is -0.493 e. The summed E-state index contributed by atoms with van der Waals surface area (Å²) in [6.45, 7) is 3.50. The summed E-state index contributed by atoms with van der Waals surface area (Å²) in [5.41, 5.74) is 1.84. The molecular weight excluding hydrogens is 344 g/mol. The molecule has 0 radical (unpaired) electrons. The van der Waals surface area contributed by atoms with Crippen LogP contribution in [-0.4, -0.2) is 32.4 Å². The van der Waals surface area contributed by atoms with Gasteiger partial charge in [0.25, 0.3) is 0 Å². The van der Waals surface area contributed by atoms with Gasteiger partial charge in [-0.1, -0.05) is 13.0 Å². The molecule has 2 aromatic carbocycles. The van der Waals surface area contributed by atoms with Crippen molar-refractivity contribution in [1.82, 2.24) is 0 Å². The third kappa shape index (κ3) is 5.31. The first-order chi connectivity index (χ1) is 13.2. The van der Waals surface area contributed by atoms with E-state index in [-0.39, 0.29) is 12.1 Å². The minimum atomic E-state index is -0.260. The van der Waals surface area contributed by atoms with E-state index in [0.29, 0.717) is 48.9 Å². The van der Waals surface area contributed by atoms with E-state index in [1.54, 1.807) is 31.4 Å². The molecule has 1 aliphatic rings. The zero-order valence-electron chi connectivity index (χ0n) is 15.9. The molecular formula is C22H26O5. The van der Waals surface area contributed by atoms with Crippen LogP contribution in [0.5, 0.6) is 17.2 Å². The maximum Gasteiger partial charge on any atom is 0.169 e. The molecule has 0 aromatic heterocycles. The lowest BCUT2D eigenvalue weighted by Gasteiger charge is -2.22. The molecule has 0 amide bonds. The predicted molar refractivity (Wildman–Crippen MR) is 103 cm³/mol. The normalized spacial score (nSPS) is 14.7. The molecule has 0 spiro atoms. The van der Waals surface area contributed by atoms with Gasteiger partial charge in [-0.3, -0.25) is 4.79 Å². The van der Waals surface area contributed by atoms with Crippen molar-refractivity contribution in [3.8, 4) is 17.2 Å². The average Bonchev–Trinajstić information content (AvgIpc) is 2.73. The Labute approximate surface area is 160 Å². The van der Waals surface area contributed by atoms with Crippen LogP contribution in [0.3, 0.4) is 0 Å². The Bertz CT molecular complexity index is 748. The number of carbonyl (C=O) groups excluding carboxylic acids is 1. The van der Waals surface area contributed by atoms with E-state index >= 15 is 0 Å². The van der Waals surface area contributed by atoms with Gasteiger partial charge in [0.05, 0.1) is 20.3 Å². The van der Waals surface area contributed by atoms with Gasteiger partial charge < -0.3 is 18.9 Å². The van der Waals surface area contributed by atoms with Gasteiger partial charge in [0, 0.05) is 18.4 Å². The molecule has 1 heterocycles. The Kier molecular flexibility index (Phi) is 6.85. The van der Waals surface area contributed by atoms with Crippen molar-refractivity contribution in [2.24, 2.45) is 0 Å². The van der Waals surface area contributed by atoms with Gasteiger partial charge in [0.1, 0.15) is 5.75 Å². The largest absolute Gasteiger partial charge is 0.493 e. The fourth-order valence-electron chi connectivity index (χ4n) is 2.95. The Hall–Kier alpha value is -2.37. The molecule has 0 bridgehead atoms. The molecule has 1 aliphatic heterocycles. The average molecular weight is 370 g/mol. The maximum atomic E-state index is 12.4. The number of rotatable bonds is 8. The summed E-state index contributed by atoms with van der Waals surface area (Å²) in [6, 6.07) is 13.1. The summed E-state index contributed by atoms with van der Waals surface area (Å²) in [4.78, 5) is 12.4. The lowest BCUT2D eigenvalue weighted by atomic mass is 10.1. The van der Waals surface area contributed by atoms with Crippen molar-refractivity contribution in [3.63, 3.8) is 0 Å². The Morgan fingerprint density at radius 3 is 2.48 bits per heavy atom. The molecule has 0 atom stereocenters. The molecule has 1 fully saturated rings. The standard InChI is InChI=1S/C22H26O5/c1-3-16-5-11-20(21(15-16)24-2)27-18-8-6-17(7-9-18)19(23)10-12-22-25-13-4-14-26-22/h5-9,11,15,22H,3-4,10,12-14H2,1-2H3. The fourth-order valence-corrected chi connectivity index (χ4v) is 2.95. The van der Waals surface area contributed by atoms with Crippen LogP contribution >= 0.6 is 0 Å². The highest BCUT2D eigenvalue weighted by molar-refractivity contribution is 5.96. The second-order valence-electron chi connectivity index (χ2n) is 6.45. The molecule has 0 saturated carbocycles. The molecule has 0 aliphatic carbocycles. The molecule has 5 nitrogen and oxygen atoms in total. The molecule has 5 heteroatoms. The third-order valence-electron chi connectivity index (χ3n) is 4.54. The van der Waals surface area contributed by atoms with Crippen molar-refractivity contribution in [2.45, 2.75) is 38.9 Å². The summed E-state index contributed by atoms with van der Waals surface area (Å²) in [5.74, 6) is 2.08. The maximum absolute atomic E-state index is 12.4. The number of carbonyl (C=O) groups is 1. The predicted octanol–water partition coefficient (Wildman–Crippen LogP) is 4.78. The molecule has 27 heavy (non-hydrogen) atoms. The number of benzene rings is 2. The van der Waals surface area contributed by atoms with Crippen LogP contribution in [0.4, 0.5) is 0 Å². The van der Waals surface area contributed by atoms with Crippen LogP contribution in [0.2, 0.25) is 0 Å². The SMILES string of the molecule is CCc1ccc(Oc2ccc(C(=O)CCC3OCCCO3)cc2)c(OC)c1. The fraction of sp³-hybridized carbons (Fsp3) is 0.409. The highest BCUT2D eigenvalue weighted by Crippen LogP contribution is 2.32. The lowest BCUT2D eigenvalue weighted by Crippen LogP contribution is -2.25. The second kappa shape index (κ2) is 9.53. The highest BCUT2D eigenvalue weighted by atomic mass is 16.7. The van der Waals surface area contributed by atoms with Crippen LogP contribution in [0, 0.1) is 0 Å². The van der Waals surface area contributed by atoms with E-state index < -0.39 is 0 Å². The van der Waals surface area contributed by atoms with Crippen LogP contribution in [-0.2, 0) is 15.9 Å². The zero-order chi connectivity index (χ0) is 19.1. The van der Waals surface area contributed by atoms with E-state index in [1.807, 2.05) is 18.2 Å². The van der Waals surface area contributed by atoms with Gasteiger partial charge in [-0.15, -0.1) is 0 Å². The van der Waals surface area contributed by atoms with Crippen LogP contribution in [0.25, 0.3) is 0 Å².